The topological polar surface area (TPSA) is 123 Å². The van der Waals surface area contributed by atoms with Crippen molar-refractivity contribution < 1.29 is 41.1 Å². The standard InChI is InChI=1S/C28H29F5N4O4/c1-41-20-9-5-8-18-21(16-6-3-2-4-7-16)35-24(26(40)36-22(18)20)37-25(39)19(12-15-13-27(29,30)14-15)17(23(34)38)10-11-28(31,32)33/h2-9,15,17,19,24H,10-14H2,1H3,(H2,34,38)(H,36,40)(H,37,39)/t17-,19+,24-/m1/s1. The van der Waals surface area contributed by atoms with Gasteiger partial charge in [-0.15, -0.1) is 0 Å². The average molecular weight is 581 g/mol. The number of methoxy groups -OCH3 is 1. The summed E-state index contributed by atoms with van der Waals surface area (Å²) in [6, 6.07) is 13.7. The minimum absolute atomic E-state index is 0.285. The van der Waals surface area contributed by atoms with Gasteiger partial charge in [-0.25, -0.2) is 13.8 Å². The van der Waals surface area contributed by atoms with E-state index in [0.717, 1.165) is 0 Å². The van der Waals surface area contributed by atoms with Crippen molar-refractivity contribution in [1.82, 2.24) is 5.32 Å². The van der Waals surface area contributed by atoms with Gasteiger partial charge in [-0.3, -0.25) is 14.4 Å². The highest BCUT2D eigenvalue weighted by Gasteiger charge is 2.48. The third kappa shape index (κ3) is 7.19. The van der Waals surface area contributed by atoms with Crippen molar-refractivity contribution in [2.24, 2.45) is 28.5 Å². The molecule has 4 N–H and O–H groups in total. The summed E-state index contributed by atoms with van der Waals surface area (Å²) >= 11 is 0. The highest BCUT2D eigenvalue weighted by Crippen LogP contribution is 2.46. The van der Waals surface area contributed by atoms with Gasteiger partial charge in [0, 0.05) is 42.2 Å². The predicted octanol–water partition coefficient (Wildman–Crippen LogP) is 4.42. The van der Waals surface area contributed by atoms with E-state index in [1.807, 2.05) is 0 Å². The van der Waals surface area contributed by atoms with E-state index in [0.29, 0.717) is 22.6 Å². The van der Waals surface area contributed by atoms with Crippen LogP contribution in [0.2, 0.25) is 0 Å². The summed E-state index contributed by atoms with van der Waals surface area (Å²) in [5, 5.41) is 5.11. The summed E-state index contributed by atoms with van der Waals surface area (Å²) < 4.78 is 71.5. The van der Waals surface area contributed by atoms with Crippen molar-refractivity contribution in [3.05, 3.63) is 59.7 Å². The van der Waals surface area contributed by atoms with Crippen LogP contribution in [-0.4, -0.2) is 48.8 Å². The van der Waals surface area contributed by atoms with Crippen molar-refractivity contribution in [3.63, 3.8) is 0 Å². The molecule has 1 aliphatic carbocycles. The number of alkyl halides is 5. The SMILES string of the molecule is COc1cccc2c1NC(=O)[C@@H](NC(=O)[C@@H](CC1CC(F)(F)C1)[C@@H](CCC(F)(F)F)C(N)=O)N=C2c1ccccc1. The van der Waals surface area contributed by atoms with E-state index in [1.165, 1.54) is 7.11 Å². The third-order valence-electron chi connectivity index (χ3n) is 7.27. The maximum atomic E-state index is 13.6. The van der Waals surface area contributed by atoms with E-state index < -0.39 is 79.4 Å². The molecule has 3 atom stereocenters. The number of hydrogen-bond acceptors (Lipinski definition) is 5. The van der Waals surface area contributed by atoms with Gasteiger partial charge < -0.3 is 21.1 Å². The quantitative estimate of drug-likeness (QED) is 0.360. The number of halogens is 5. The molecular weight excluding hydrogens is 551 g/mol. The molecule has 0 radical (unpaired) electrons. The number of primary amides is 1. The van der Waals surface area contributed by atoms with Gasteiger partial charge in [-0.05, 0) is 24.8 Å². The molecule has 8 nitrogen and oxygen atoms in total. The third-order valence-corrected chi connectivity index (χ3v) is 7.27. The van der Waals surface area contributed by atoms with Crippen LogP contribution in [0.5, 0.6) is 5.75 Å². The molecule has 1 fully saturated rings. The number of nitrogens with one attached hydrogen (secondary N) is 2. The second-order valence-electron chi connectivity index (χ2n) is 10.3. The van der Waals surface area contributed by atoms with Gasteiger partial charge in [0.2, 0.25) is 23.9 Å². The first kappa shape index (κ1) is 29.9. The number of hydrogen-bond donors (Lipinski definition) is 3. The molecule has 2 aliphatic rings. The lowest BCUT2D eigenvalue weighted by Crippen LogP contribution is -2.49. The Balaban J connectivity index is 1.68. The second kappa shape index (κ2) is 11.8. The van der Waals surface area contributed by atoms with Crippen molar-refractivity contribution in [2.45, 2.75) is 50.4 Å². The number of fused-ring (bicyclic) bond motifs is 1. The zero-order valence-corrected chi connectivity index (χ0v) is 22.0. The molecule has 41 heavy (non-hydrogen) atoms. The molecule has 1 aliphatic heterocycles. The molecule has 0 saturated heterocycles. The zero-order valence-electron chi connectivity index (χ0n) is 22.0. The highest BCUT2D eigenvalue weighted by atomic mass is 19.4. The first-order chi connectivity index (χ1) is 19.3. The highest BCUT2D eigenvalue weighted by molar-refractivity contribution is 6.20. The van der Waals surface area contributed by atoms with Gasteiger partial charge in [0.1, 0.15) is 5.75 Å². The number of ether oxygens (including phenoxy) is 1. The molecule has 3 amide bonds. The fourth-order valence-corrected chi connectivity index (χ4v) is 5.27. The fraction of sp³-hybridized carbons (Fsp3) is 0.429. The van der Waals surface area contributed by atoms with Crippen LogP contribution in [0.3, 0.4) is 0 Å². The number of aliphatic imine (C=N–C) groups is 1. The van der Waals surface area contributed by atoms with Gasteiger partial charge in [0.15, 0.2) is 0 Å². The summed E-state index contributed by atoms with van der Waals surface area (Å²) in [4.78, 5) is 43.6. The average Bonchev–Trinajstić information content (AvgIpc) is 3.02. The zero-order chi connectivity index (χ0) is 29.9. The number of benzodiazepines with no additional fused rings is 1. The molecule has 1 saturated carbocycles. The Labute approximate surface area is 232 Å². The van der Waals surface area contributed by atoms with Crippen LogP contribution in [0.4, 0.5) is 27.6 Å². The minimum atomic E-state index is -4.64. The number of rotatable bonds is 10. The number of carbonyl (C=O) groups is 3. The molecule has 220 valence electrons. The molecule has 2 aromatic rings. The Hall–Kier alpha value is -4.03. The number of nitrogens with two attached hydrogens (primary N) is 1. The molecule has 0 unspecified atom stereocenters. The Bertz CT molecular complexity index is 1320. The van der Waals surface area contributed by atoms with E-state index in [1.54, 1.807) is 48.5 Å². The molecule has 4 rings (SSSR count). The van der Waals surface area contributed by atoms with Crippen molar-refractivity contribution >= 4 is 29.1 Å². The monoisotopic (exact) mass is 580 g/mol. The molecule has 1 heterocycles. The molecular formula is C28H29F5N4O4. The molecule has 0 bridgehead atoms. The molecule has 2 aromatic carbocycles. The van der Waals surface area contributed by atoms with Gasteiger partial charge in [-0.1, -0.05) is 42.5 Å². The van der Waals surface area contributed by atoms with E-state index in [-0.39, 0.29) is 12.1 Å². The first-order valence-corrected chi connectivity index (χ1v) is 12.9. The number of anilines is 1. The first-order valence-electron chi connectivity index (χ1n) is 12.9. The minimum Gasteiger partial charge on any atom is -0.495 e. The van der Waals surface area contributed by atoms with Crippen LogP contribution >= 0.6 is 0 Å². The van der Waals surface area contributed by atoms with Crippen LogP contribution in [0.25, 0.3) is 0 Å². The summed E-state index contributed by atoms with van der Waals surface area (Å²) in [6.45, 7) is 0. The number of carbonyl (C=O) groups excluding carboxylic acids is 3. The maximum absolute atomic E-state index is 13.6. The Morgan fingerprint density at radius 2 is 1.80 bits per heavy atom. The van der Waals surface area contributed by atoms with E-state index in [9.17, 15) is 36.3 Å². The molecule has 13 heteroatoms. The van der Waals surface area contributed by atoms with Crippen molar-refractivity contribution in [2.75, 3.05) is 12.4 Å². The fourth-order valence-electron chi connectivity index (χ4n) is 5.27. The Morgan fingerprint density at radius 3 is 2.39 bits per heavy atom. The van der Waals surface area contributed by atoms with Crippen molar-refractivity contribution in [1.29, 1.82) is 0 Å². The Kier molecular flexibility index (Phi) is 8.64. The van der Waals surface area contributed by atoms with Gasteiger partial charge >= 0.3 is 6.18 Å². The lowest BCUT2D eigenvalue weighted by molar-refractivity contribution is -0.149. The van der Waals surface area contributed by atoms with Crippen LogP contribution in [0.1, 0.15) is 43.2 Å². The lowest BCUT2D eigenvalue weighted by Gasteiger charge is -2.38. The normalized spacial score (nSPS) is 19.9. The van der Waals surface area contributed by atoms with Crippen LogP contribution in [-0.2, 0) is 14.4 Å². The summed E-state index contributed by atoms with van der Waals surface area (Å²) in [5.74, 6) is -9.38. The van der Waals surface area contributed by atoms with Crippen molar-refractivity contribution in [3.8, 4) is 5.75 Å². The van der Waals surface area contributed by atoms with E-state index in [2.05, 4.69) is 15.6 Å². The summed E-state index contributed by atoms with van der Waals surface area (Å²) in [6.07, 6.45) is -9.87. The van der Waals surface area contributed by atoms with Gasteiger partial charge in [-0.2, -0.15) is 13.2 Å². The smallest absolute Gasteiger partial charge is 0.389 e. The van der Waals surface area contributed by atoms with E-state index >= 15 is 0 Å². The number of benzene rings is 2. The largest absolute Gasteiger partial charge is 0.495 e. The van der Waals surface area contributed by atoms with Gasteiger partial charge in [0.05, 0.1) is 18.5 Å². The number of nitrogens with zero attached hydrogens (tertiary/aromatic N) is 1. The number of amides is 3. The van der Waals surface area contributed by atoms with Crippen LogP contribution in [0.15, 0.2) is 53.5 Å². The Morgan fingerprint density at radius 1 is 1.12 bits per heavy atom. The maximum Gasteiger partial charge on any atom is 0.389 e. The molecule has 0 spiro atoms. The number of para-hydroxylation sites is 1. The van der Waals surface area contributed by atoms with E-state index in [4.69, 9.17) is 10.5 Å². The lowest BCUT2D eigenvalue weighted by atomic mass is 9.72. The van der Waals surface area contributed by atoms with Gasteiger partial charge in [0.25, 0.3) is 5.91 Å². The van der Waals surface area contributed by atoms with Crippen LogP contribution < -0.4 is 21.1 Å². The predicted molar refractivity (Wildman–Crippen MR) is 139 cm³/mol. The second-order valence-corrected chi connectivity index (χ2v) is 10.3. The van der Waals surface area contributed by atoms with Crippen LogP contribution in [0, 0.1) is 17.8 Å². The molecule has 0 aromatic heterocycles. The summed E-state index contributed by atoms with van der Waals surface area (Å²) in [5.41, 5.74) is 7.07. The summed E-state index contributed by atoms with van der Waals surface area (Å²) in [7, 11) is 1.41.